The van der Waals surface area contributed by atoms with E-state index in [2.05, 4.69) is 47.9 Å². The predicted molar refractivity (Wildman–Crippen MR) is 121 cm³/mol. The van der Waals surface area contributed by atoms with Crippen molar-refractivity contribution in [2.75, 3.05) is 42.6 Å². The van der Waals surface area contributed by atoms with Gasteiger partial charge >= 0.3 is 5.97 Å². The van der Waals surface area contributed by atoms with Crippen LogP contribution >= 0.6 is 12.4 Å². The zero-order valence-electron chi connectivity index (χ0n) is 17.2. The number of hydrogen-bond donors (Lipinski definition) is 1. The summed E-state index contributed by atoms with van der Waals surface area (Å²) in [7, 11) is 0. The van der Waals surface area contributed by atoms with E-state index < -0.39 is 5.97 Å². The maximum absolute atomic E-state index is 11.0. The van der Waals surface area contributed by atoms with Gasteiger partial charge in [0.15, 0.2) is 0 Å². The third-order valence-corrected chi connectivity index (χ3v) is 5.16. The lowest BCUT2D eigenvalue weighted by Crippen LogP contribution is -2.46. The van der Waals surface area contributed by atoms with Crippen molar-refractivity contribution in [3.05, 3.63) is 54.1 Å². The number of carboxylic acids is 1. The predicted octanol–water partition coefficient (Wildman–Crippen LogP) is 4.95. The summed E-state index contributed by atoms with van der Waals surface area (Å²) in [5, 5.41) is 9.02. The minimum atomic E-state index is -0.885. The Hall–Kier alpha value is -2.40. The molecule has 6 heteroatoms. The fourth-order valence-corrected chi connectivity index (χ4v) is 3.47. The highest BCUT2D eigenvalue weighted by Gasteiger charge is 2.18. The third kappa shape index (κ3) is 6.57. The molecule has 0 bridgehead atoms. The Labute approximate surface area is 179 Å². The SMILES string of the molecule is CC(C)CCCOc1ccc(N2CCN(c3ccc(C(=O)O)cc3)CC2)cc1.Cl. The number of anilines is 2. The molecule has 1 N–H and O–H groups in total. The van der Waals surface area contributed by atoms with Crippen molar-refractivity contribution >= 4 is 29.8 Å². The average Bonchev–Trinajstić information content (AvgIpc) is 2.72. The Bertz CT molecular complexity index is 755. The molecule has 29 heavy (non-hydrogen) atoms. The molecule has 1 heterocycles. The third-order valence-electron chi connectivity index (χ3n) is 5.16. The summed E-state index contributed by atoms with van der Waals surface area (Å²) in [6, 6.07) is 15.5. The number of hydrogen-bond acceptors (Lipinski definition) is 4. The van der Waals surface area contributed by atoms with Crippen LogP contribution in [0.5, 0.6) is 5.75 Å². The fraction of sp³-hybridized carbons (Fsp3) is 0.435. The molecule has 0 unspecified atom stereocenters. The summed E-state index contributed by atoms with van der Waals surface area (Å²) in [6.45, 7) is 8.96. The van der Waals surface area contributed by atoms with Crippen LogP contribution in [-0.4, -0.2) is 43.9 Å². The molecule has 1 aliphatic heterocycles. The van der Waals surface area contributed by atoms with Crippen LogP contribution in [0.4, 0.5) is 11.4 Å². The number of nitrogens with zero attached hydrogens (tertiary/aromatic N) is 2. The smallest absolute Gasteiger partial charge is 0.335 e. The minimum absolute atomic E-state index is 0. The van der Waals surface area contributed by atoms with Gasteiger partial charge in [-0.3, -0.25) is 0 Å². The number of aromatic carboxylic acids is 1. The minimum Gasteiger partial charge on any atom is -0.494 e. The first-order chi connectivity index (χ1) is 13.5. The van der Waals surface area contributed by atoms with E-state index in [1.165, 1.54) is 12.1 Å². The lowest BCUT2D eigenvalue weighted by Gasteiger charge is -2.37. The Balaban J connectivity index is 0.00000300. The first-order valence-corrected chi connectivity index (χ1v) is 10.1. The maximum atomic E-state index is 11.0. The maximum Gasteiger partial charge on any atom is 0.335 e. The lowest BCUT2D eigenvalue weighted by molar-refractivity contribution is 0.0697. The molecule has 158 valence electrons. The van der Waals surface area contributed by atoms with Gasteiger partial charge < -0.3 is 19.6 Å². The molecule has 0 radical (unpaired) electrons. The van der Waals surface area contributed by atoms with Crippen molar-refractivity contribution in [2.24, 2.45) is 5.92 Å². The van der Waals surface area contributed by atoms with Gasteiger partial charge in [0.25, 0.3) is 0 Å². The molecule has 0 spiro atoms. The highest BCUT2D eigenvalue weighted by molar-refractivity contribution is 5.88. The summed E-state index contributed by atoms with van der Waals surface area (Å²) in [6.07, 6.45) is 2.29. The van der Waals surface area contributed by atoms with Crippen LogP contribution < -0.4 is 14.5 Å². The first-order valence-electron chi connectivity index (χ1n) is 10.1. The van der Waals surface area contributed by atoms with E-state index in [1.54, 1.807) is 12.1 Å². The van der Waals surface area contributed by atoms with Crippen LogP contribution in [0.1, 0.15) is 37.0 Å². The summed E-state index contributed by atoms with van der Waals surface area (Å²) in [5.74, 6) is 0.771. The second-order valence-electron chi connectivity index (χ2n) is 7.70. The van der Waals surface area contributed by atoms with Crippen LogP contribution in [0.15, 0.2) is 48.5 Å². The molecule has 2 aromatic rings. The fourth-order valence-electron chi connectivity index (χ4n) is 3.47. The van der Waals surface area contributed by atoms with Crippen molar-refractivity contribution in [3.8, 4) is 5.75 Å². The molecule has 5 nitrogen and oxygen atoms in total. The zero-order chi connectivity index (χ0) is 19.9. The second-order valence-corrected chi connectivity index (χ2v) is 7.70. The van der Waals surface area contributed by atoms with Gasteiger partial charge in [0.2, 0.25) is 0 Å². The van der Waals surface area contributed by atoms with Crippen molar-refractivity contribution in [1.29, 1.82) is 0 Å². The molecule has 3 rings (SSSR count). The second kappa shape index (κ2) is 11.0. The van der Waals surface area contributed by atoms with Gasteiger partial charge in [-0.25, -0.2) is 4.79 Å². The molecule has 1 saturated heterocycles. The van der Waals surface area contributed by atoms with Gasteiger partial charge in [0.05, 0.1) is 12.2 Å². The van der Waals surface area contributed by atoms with Gasteiger partial charge in [0, 0.05) is 37.6 Å². The van der Waals surface area contributed by atoms with Crippen LogP contribution in [0.3, 0.4) is 0 Å². The van der Waals surface area contributed by atoms with Crippen LogP contribution in [0.2, 0.25) is 0 Å². The number of piperazine rings is 1. The summed E-state index contributed by atoms with van der Waals surface area (Å²) in [4.78, 5) is 15.7. The average molecular weight is 419 g/mol. The number of benzene rings is 2. The standard InChI is InChI=1S/C23H30N2O3.ClH/c1-18(2)4-3-17-28-22-11-9-21(10-12-22)25-15-13-24(14-16-25)20-7-5-19(6-8-20)23(26)27;/h5-12,18H,3-4,13-17H2,1-2H3,(H,26,27);1H. The van der Waals surface area contributed by atoms with Crippen molar-refractivity contribution < 1.29 is 14.6 Å². The molecule has 1 aliphatic rings. The largest absolute Gasteiger partial charge is 0.494 e. The molecule has 0 amide bonds. The number of rotatable bonds is 8. The van der Waals surface area contributed by atoms with E-state index in [9.17, 15) is 4.79 Å². The molecule has 0 atom stereocenters. The summed E-state index contributed by atoms with van der Waals surface area (Å²) < 4.78 is 5.83. The van der Waals surface area contributed by atoms with E-state index >= 15 is 0 Å². The van der Waals surface area contributed by atoms with E-state index in [4.69, 9.17) is 9.84 Å². The first kappa shape index (κ1) is 22.9. The number of carbonyl (C=O) groups is 1. The summed E-state index contributed by atoms with van der Waals surface area (Å²) >= 11 is 0. The molecule has 0 aliphatic carbocycles. The zero-order valence-corrected chi connectivity index (χ0v) is 18.0. The molecule has 0 saturated carbocycles. The molecule has 2 aromatic carbocycles. The van der Waals surface area contributed by atoms with E-state index in [1.807, 2.05) is 12.1 Å². The van der Waals surface area contributed by atoms with Crippen molar-refractivity contribution in [2.45, 2.75) is 26.7 Å². The van der Waals surface area contributed by atoms with Crippen LogP contribution in [-0.2, 0) is 0 Å². The topological polar surface area (TPSA) is 53.0 Å². The molecular formula is C23H31ClN2O3. The highest BCUT2D eigenvalue weighted by atomic mass is 35.5. The van der Waals surface area contributed by atoms with Gasteiger partial charge in [0.1, 0.15) is 5.75 Å². The van der Waals surface area contributed by atoms with Gasteiger partial charge in [-0.2, -0.15) is 0 Å². The van der Waals surface area contributed by atoms with E-state index in [0.29, 0.717) is 5.56 Å². The molecule has 1 fully saturated rings. The Morgan fingerprint density at radius 3 is 1.86 bits per heavy atom. The van der Waals surface area contributed by atoms with E-state index in [-0.39, 0.29) is 12.4 Å². The molecule has 0 aromatic heterocycles. The number of halogens is 1. The quantitative estimate of drug-likeness (QED) is 0.615. The highest BCUT2D eigenvalue weighted by Crippen LogP contribution is 2.23. The van der Waals surface area contributed by atoms with Crippen molar-refractivity contribution in [1.82, 2.24) is 0 Å². The molecular weight excluding hydrogens is 388 g/mol. The Morgan fingerprint density at radius 2 is 1.41 bits per heavy atom. The monoisotopic (exact) mass is 418 g/mol. The van der Waals surface area contributed by atoms with Crippen molar-refractivity contribution in [3.63, 3.8) is 0 Å². The van der Waals surface area contributed by atoms with Gasteiger partial charge in [-0.05, 0) is 67.3 Å². The lowest BCUT2D eigenvalue weighted by atomic mass is 10.1. The van der Waals surface area contributed by atoms with Crippen LogP contribution in [0, 0.1) is 5.92 Å². The normalized spacial score (nSPS) is 13.9. The van der Waals surface area contributed by atoms with Crippen LogP contribution in [0.25, 0.3) is 0 Å². The van der Waals surface area contributed by atoms with E-state index in [0.717, 1.165) is 56.6 Å². The Morgan fingerprint density at radius 1 is 0.931 bits per heavy atom. The summed E-state index contributed by atoms with van der Waals surface area (Å²) in [5.41, 5.74) is 2.62. The van der Waals surface area contributed by atoms with Gasteiger partial charge in [-0.1, -0.05) is 13.8 Å². The number of ether oxygens (including phenoxy) is 1. The Kier molecular flexibility index (Phi) is 8.65. The van der Waals surface area contributed by atoms with Gasteiger partial charge in [-0.15, -0.1) is 12.4 Å². The number of carboxylic acid groups (broad SMARTS) is 1.